The van der Waals surface area contributed by atoms with Crippen LogP contribution in [0.2, 0.25) is 0 Å². The minimum absolute atomic E-state index is 0. The predicted molar refractivity (Wildman–Crippen MR) is 220 cm³/mol. The van der Waals surface area contributed by atoms with E-state index in [0.29, 0.717) is 35.2 Å². The monoisotopic (exact) mass is 899 g/mol. The van der Waals surface area contributed by atoms with E-state index in [4.69, 9.17) is 14.8 Å². The summed E-state index contributed by atoms with van der Waals surface area (Å²) < 4.78 is 11.2. The van der Waals surface area contributed by atoms with Gasteiger partial charge in [0, 0.05) is 40.4 Å². The minimum Gasteiger partial charge on any atom is -0.509 e. The summed E-state index contributed by atoms with van der Waals surface area (Å²) in [5.74, 6) is 4.30. The molecule has 0 spiro atoms. The maximum Gasteiger partial charge on any atom is 2.00 e. The van der Waals surface area contributed by atoms with Gasteiger partial charge in [-0.25, -0.2) is 4.98 Å². The van der Waals surface area contributed by atoms with E-state index in [-0.39, 0.29) is 26.5 Å². The van der Waals surface area contributed by atoms with Crippen LogP contribution in [0.3, 0.4) is 0 Å². The van der Waals surface area contributed by atoms with Crippen LogP contribution >= 0.6 is 0 Å². The van der Waals surface area contributed by atoms with Gasteiger partial charge < -0.3 is 9.30 Å². The molecule has 5 nitrogen and oxygen atoms in total. The summed E-state index contributed by atoms with van der Waals surface area (Å²) in [4.78, 5) is 4.86. The number of rotatable bonds is 10. The maximum absolute atomic E-state index is 6.78. The predicted octanol–water partition coefficient (Wildman–Crippen LogP) is 12.6. The zero-order valence-electron chi connectivity index (χ0n) is 33.8. The summed E-state index contributed by atoms with van der Waals surface area (Å²) in [5, 5.41) is 7.58. The number of pyridine rings is 1. The van der Waals surface area contributed by atoms with Gasteiger partial charge in [-0.2, -0.15) is 11.2 Å². The average molecular weight is 900 g/mol. The summed E-state index contributed by atoms with van der Waals surface area (Å²) in [5.41, 5.74) is 10.6. The first-order valence-corrected chi connectivity index (χ1v) is 19.7. The van der Waals surface area contributed by atoms with Crippen LogP contribution in [0, 0.1) is 36.8 Å². The topological polar surface area (TPSA) is 44.9 Å². The van der Waals surface area contributed by atoms with Crippen molar-refractivity contribution >= 4 is 21.8 Å². The standard InChI is InChI=1S/C48H56N4O.Pt/c1-30(2)18-21-43-47(46-32(5)14-13-15-33(46)6)34(7)50-52(43)37-26-36(48(8,9)10)27-39(28-37)53-38-19-20-41-40-16-11-12-17-42(40)51(44(41)29-38)45-25-35(22-23-49-45)24-31(3)4;/h11-12,14,16-17,19-20,22-23,25-27,30-31,33,46H,13,15,18,21,24H2,1-10H3;/q-2;+2/t33-,46?;/m0./s1. The molecule has 1 unspecified atom stereocenters. The van der Waals surface area contributed by atoms with Crippen LogP contribution in [-0.2, 0) is 39.3 Å². The summed E-state index contributed by atoms with van der Waals surface area (Å²) in [6, 6.07) is 28.8. The molecular weight excluding hydrogens is 844 g/mol. The van der Waals surface area contributed by atoms with Gasteiger partial charge in [-0.1, -0.05) is 90.8 Å². The Morgan fingerprint density at radius 1 is 0.907 bits per heavy atom. The van der Waals surface area contributed by atoms with Gasteiger partial charge in [0.05, 0.1) is 5.69 Å². The molecule has 6 aromatic rings. The SMILES string of the molecule is CC1=CCC[C@H](C)C1c1c(C)nn(-c2[c-]c(Oc3[c-]c4c(cc3)c3ccccc3n4-c3cc(CC(C)C)ccn3)cc(C(C)(C)C)c2)c1CCC(C)C.[Pt+2]. The van der Waals surface area contributed by atoms with Crippen LogP contribution in [0.1, 0.15) is 116 Å². The second kappa shape index (κ2) is 16.0. The maximum atomic E-state index is 6.78. The van der Waals surface area contributed by atoms with Crippen molar-refractivity contribution in [3.63, 3.8) is 0 Å². The van der Waals surface area contributed by atoms with E-state index in [2.05, 4.69) is 151 Å². The molecule has 0 N–H and O–H groups in total. The Balaban J connectivity index is 0.00000497. The van der Waals surface area contributed by atoms with E-state index in [1.54, 1.807) is 0 Å². The van der Waals surface area contributed by atoms with Crippen molar-refractivity contribution in [3.8, 4) is 23.0 Å². The van der Waals surface area contributed by atoms with E-state index in [1.807, 2.05) is 12.3 Å². The molecule has 0 radical (unpaired) electrons. The number of aryl methyl sites for hydroxylation is 1. The van der Waals surface area contributed by atoms with Gasteiger partial charge in [-0.15, -0.1) is 41.3 Å². The number of hydrogen-bond acceptors (Lipinski definition) is 3. The molecule has 1 aliphatic carbocycles. The van der Waals surface area contributed by atoms with Crippen molar-refractivity contribution < 1.29 is 25.8 Å². The third-order valence-electron chi connectivity index (χ3n) is 11.0. The van der Waals surface area contributed by atoms with Gasteiger partial charge in [0.1, 0.15) is 5.82 Å². The molecule has 0 bridgehead atoms. The number of allylic oxidation sites excluding steroid dienone is 2. The van der Waals surface area contributed by atoms with Crippen molar-refractivity contribution in [2.45, 2.75) is 113 Å². The van der Waals surface area contributed by atoms with Gasteiger partial charge in [0.25, 0.3) is 0 Å². The number of benzene rings is 3. The smallest absolute Gasteiger partial charge is 0.509 e. The van der Waals surface area contributed by atoms with Crippen LogP contribution in [0.15, 0.2) is 78.5 Å². The fraction of sp³-hybridized carbons (Fsp3) is 0.417. The van der Waals surface area contributed by atoms with Crippen LogP contribution in [0.25, 0.3) is 33.3 Å². The van der Waals surface area contributed by atoms with Crippen molar-refractivity contribution in [1.82, 2.24) is 19.3 Å². The van der Waals surface area contributed by atoms with Crippen molar-refractivity contribution in [1.29, 1.82) is 0 Å². The molecule has 6 heteroatoms. The van der Waals surface area contributed by atoms with Crippen molar-refractivity contribution in [2.75, 3.05) is 0 Å². The van der Waals surface area contributed by atoms with E-state index in [1.165, 1.54) is 39.8 Å². The molecule has 0 saturated heterocycles. The largest absolute Gasteiger partial charge is 2.00 e. The van der Waals surface area contributed by atoms with Crippen LogP contribution in [0.5, 0.6) is 11.5 Å². The van der Waals surface area contributed by atoms with Gasteiger partial charge in [-0.05, 0) is 104 Å². The second-order valence-electron chi connectivity index (χ2n) is 17.3. The Labute approximate surface area is 337 Å². The molecule has 0 aliphatic heterocycles. The van der Waals surface area contributed by atoms with Gasteiger partial charge >= 0.3 is 21.1 Å². The Morgan fingerprint density at radius 3 is 2.41 bits per heavy atom. The molecule has 3 aromatic carbocycles. The summed E-state index contributed by atoms with van der Waals surface area (Å²) >= 11 is 0. The summed E-state index contributed by atoms with van der Waals surface area (Å²) in [6.45, 7) is 22.8. The van der Waals surface area contributed by atoms with Gasteiger partial charge in [-0.3, -0.25) is 4.68 Å². The fourth-order valence-corrected chi connectivity index (χ4v) is 8.29. The molecule has 3 heterocycles. The van der Waals surface area contributed by atoms with Crippen LogP contribution in [-0.4, -0.2) is 19.3 Å². The van der Waals surface area contributed by atoms with Crippen LogP contribution in [0.4, 0.5) is 0 Å². The average Bonchev–Trinajstić information content (AvgIpc) is 3.60. The number of aromatic nitrogens is 4. The Bertz CT molecular complexity index is 2300. The Kier molecular flexibility index (Phi) is 11.8. The molecule has 284 valence electrons. The molecule has 3 aromatic heterocycles. The van der Waals surface area contributed by atoms with Gasteiger partial charge in [0.2, 0.25) is 0 Å². The number of hydrogen-bond donors (Lipinski definition) is 0. The molecule has 2 atom stereocenters. The summed E-state index contributed by atoms with van der Waals surface area (Å²) in [7, 11) is 0. The van der Waals surface area contributed by atoms with E-state index < -0.39 is 0 Å². The van der Waals surface area contributed by atoms with Crippen molar-refractivity contribution in [3.05, 3.63) is 119 Å². The zero-order chi connectivity index (χ0) is 37.6. The quantitative estimate of drug-likeness (QED) is 0.102. The molecule has 0 amide bonds. The van der Waals surface area contributed by atoms with E-state index in [0.717, 1.165) is 59.3 Å². The first kappa shape index (κ1) is 39.7. The Hall–Kier alpha value is -3.95. The normalized spacial score (nSPS) is 16.3. The third-order valence-corrected chi connectivity index (χ3v) is 11.0. The molecular formula is C48H56N4OPt. The molecule has 7 rings (SSSR count). The van der Waals surface area contributed by atoms with E-state index >= 15 is 0 Å². The minimum atomic E-state index is -0.116. The number of para-hydroxylation sites is 1. The second-order valence-corrected chi connectivity index (χ2v) is 17.3. The Morgan fingerprint density at radius 2 is 1.69 bits per heavy atom. The number of fused-ring (bicyclic) bond motifs is 3. The molecule has 0 fully saturated rings. The van der Waals surface area contributed by atoms with Gasteiger partial charge in [0.15, 0.2) is 0 Å². The zero-order valence-corrected chi connectivity index (χ0v) is 36.1. The number of ether oxygens (including phenoxy) is 1. The van der Waals surface area contributed by atoms with Crippen molar-refractivity contribution in [2.24, 2.45) is 17.8 Å². The summed E-state index contributed by atoms with van der Waals surface area (Å²) in [6.07, 6.45) is 9.80. The first-order chi connectivity index (χ1) is 25.3. The molecule has 0 saturated carbocycles. The van der Waals surface area contributed by atoms with E-state index in [9.17, 15) is 0 Å². The fourth-order valence-electron chi connectivity index (χ4n) is 8.29. The first-order valence-electron chi connectivity index (χ1n) is 19.7. The third kappa shape index (κ3) is 8.04. The van der Waals surface area contributed by atoms with Crippen LogP contribution < -0.4 is 4.74 Å². The molecule has 1 aliphatic rings. The molecule has 54 heavy (non-hydrogen) atoms. The number of nitrogens with zero attached hydrogens (tertiary/aromatic N) is 4.